The van der Waals surface area contributed by atoms with Crippen LogP contribution in [0.1, 0.15) is 63.5 Å². The summed E-state index contributed by atoms with van der Waals surface area (Å²) in [5.74, 6) is -0.369. The number of rotatable bonds is 9. The van der Waals surface area contributed by atoms with E-state index in [-0.39, 0.29) is 23.9 Å². The lowest BCUT2D eigenvalue weighted by atomic mass is 9.38. The average Bonchev–Trinajstić information content (AvgIpc) is 3.18. The van der Waals surface area contributed by atoms with Gasteiger partial charge in [-0.1, -0.05) is 12.1 Å². The van der Waals surface area contributed by atoms with Crippen molar-refractivity contribution in [1.29, 1.82) is 0 Å². The van der Waals surface area contributed by atoms with Crippen molar-refractivity contribution in [1.82, 2.24) is 14.9 Å². The molecule has 5 aliphatic rings. The third-order valence-corrected chi connectivity index (χ3v) is 11.5. The maximum Gasteiger partial charge on any atom is 0.416 e. The van der Waals surface area contributed by atoms with Crippen molar-refractivity contribution in [2.45, 2.75) is 92.8 Å². The number of benzene rings is 2. The van der Waals surface area contributed by atoms with Gasteiger partial charge in [-0.15, -0.1) is 0 Å². The fraction of sp³-hybridized carbons (Fsp3) is 0.533. The molecule has 4 saturated carbocycles. The summed E-state index contributed by atoms with van der Waals surface area (Å²) in [6.07, 6.45) is -1.71. The molecule has 1 heterocycles. The summed E-state index contributed by atoms with van der Waals surface area (Å²) < 4.78 is 96.5. The summed E-state index contributed by atoms with van der Waals surface area (Å²) in [4.78, 5) is 17.6. The van der Waals surface area contributed by atoms with Crippen LogP contribution in [0.2, 0.25) is 0 Å². The van der Waals surface area contributed by atoms with Crippen LogP contribution in [0.4, 0.5) is 22.0 Å². The fourth-order valence-corrected chi connectivity index (χ4v) is 8.64. The van der Waals surface area contributed by atoms with E-state index in [0.717, 1.165) is 30.7 Å². The number of sulfonamides is 1. The quantitative estimate of drug-likeness (QED) is 0.380. The van der Waals surface area contributed by atoms with Crippen molar-refractivity contribution in [3.63, 3.8) is 0 Å². The Bertz CT molecular complexity index is 1550. The monoisotopic (exact) mass is 624 g/mol. The molecule has 4 aliphatic carbocycles. The maximum atomic E-state index is 14.5. The number of nitrogens with one attached hydrogen (secondary N) is 2. The van der Waals surface area contributed by atoms with Gasteiger partial charge in [0.1, 0.15) is 17.3 Å². The molecule has 43 heavy (non-hydrogen) atoms. The first-order valence-corrected chi connectivity index (χ1v) is 15.7. The molecule has 2 aromatic rings. The minimum Gasteiger partial charge on any atom is -0.366 e. The molecule has 0 spiro atoms. The van der Waals surface area contributed by atoms with Crippen molar-refractivity contribution in [2.75, 3.05) is 6.54 Å². The van der Waals surface area contributed by atoms with Gasteiger partial charge in [0.25, 0.3) is 0 Å². The lowest BCUT2D eigenvalue weighted by molar-refractivity contribution is -0.151. The Balaban J connectivity index is 1.23. The van der Waals surface area contributed by atoms with Crippen LogP contribution in [0.5, 0.6) is 0 Å². The van der Waals surface area contributed by atoms with Gasteiger partial charge in [-0.3, -0.25) is 9.79 Å². The number of hydrogen-bond acceptors (Lipinski definition) is 5. The van der Waals surface area contributed by atoms with E-state index in [1.165, 1.54) is 28.6 Å². The first kappa shape index (κ1) is 30.0. The van der Waals surface area contributed by atoms with Crippen molar-refractivity contribution in [2.24, 2.45) is 10.4 Å². The lowest BCUT2D eigenvalue weighted by Crippen LogP contribution is -2.78. The van der Waals surface area contributed by atoms with Gasteiger partial charge in [0, 0.05) is 17.5 Å². The molecule has 13 heteroatoms. The van der Waals surface area contributed by atoms with E-state index < -0.39 is 55.8 Å². The van der Waals surface area contributed by atoms with E-state index in [4.69, 9.17) is 4.99 Å². The van der Waals surface area contributed by atoms with Gasteiger partial charge in [0.2, 0.25) is 15.9 Å². The van der Waals surface area contributed by atoms with Crippen LogP contribution in [-0.2, 0) is 27.5 Å². The zero-order chi connectivity index (χ0) is 31.1. The highest BCUT2D eigenvalue weighted by Crippen LogP contribution is 2.71. The number of amides is 1. The molecule has 7 rings (SSSR count). The van der Waals surface area contributed by atoms with E-state index in [0.29, 0.717) is 43.5 Å². The number of carbonyl (C=O) groups is 1. The number of amidine groups is 1. The molecule has 1 amide bonds. The molecule has 2 aromatic carbocycles. The van der Waals surface area contributed by atoms with Gasteiger partial charge in [-0.25, -0.2) is 17.2 Å². The summed E-state index contributed by atoms with van der Waals surface area (Å²) in [6, 6.07) is 8.01. The number of hydrogen-bond donors (Lipinski definition) is 2. The molecular formula is C30H33F5N4O3S. The third kappa shape index (κ3) is 5.11. The predicted molar refractivity (Wildman–Crippen MR) is 149 cm³/mol. The van der Waals surface area contributed by atoms with Crippen molar-refractivity contribution >= 4 is 21.8 Å². The van der Waals surface area contributed by atoms with Gasteiger partial charge < -0.3 is 10.6 Å². The van der Waals surface area contributed by atoms with E-state index in [1.807, 2.05) is 13.8 Å². The van der Waals surface area contributed by atoms with Gasteiger partial charge >= 0.3 is 6.18 Å². The Morgan fingerprint density at radius 2 is 1.65 bits per heavy atom. The standard InChI is InChI=1S/C30H33F5N4O3S/c1-26(2)23(24(40)36-18-28(32)12-3-13-28)37-25(38-26)27-15-29(16-27,17-27)39(43(41,42)22-10-8-21(31)9-11-22)14-19-4-6-20(7-5-19)30(33,34)35/h4-11,23H,3,12-18H2,1-2H3,(H,36,40)(H,37,38). The Labute approximate surface area is 247 Å². The van der Waals surface area contributed by atoms with Crippen LogP contribution in [0.25, 0.3) is 0 Å². The second-order valence-electron chi connectivity index (χ2n) is 13.1. The summed E-state index contributed by atoms with van der Waals surface area (Å²) in [7, 11) is -4.17. The molecule has 0 radical (unpaired) electrons. The molecule has 1 atom stereocenters. The topological polar surface area (TPSA) is 90.9 Å². The van der Waals surface area contributed by atoms with Gasteiger partial charge in [0.05, 0.1) is 22.5 Å². The Kier molecular flexibility index (Phi) is 6.78. The summed E-state index contributed by atoms with van der Waals surface area (Å²) >= 11 is 0. The van der Waals surface area contributed by atoms with Gasteiger partial charge in [0.15, 0.2) is 6.04 Å². The van der Waals surface area contributed by atoms with Crippen LogP contribution in [0.3, 0.4) is 0 Å². The molecular weight excluding hydrogens is 591 g/mol. The fourth-order valence-electron chi connectivity index (χ4n) is 6.89. The van der Waals surface area contributed by atoms with E-state index in [2.05, 4.69) is 10.6 Å². The molecule has 1 unspecified atom stereocenters. The molecule has 2 N–H and O–H groups in total. The Morgan fingerprint density at radius 1 is 1.05 bits per heavy atom. The summed E-state index contributed by atoms with van der Waals surface area (Å²) in [5.41, 5.74) is -3.89. The summed E-state index contributed by atoms with van der Waals surface area (Å²) in [5, 5.41) is 6.05. The Hall–Kier alpha value is -3.06. The molecule has 2 bridgehead atoms. The zero-order valence-electron chi connectivity index (χ0n) is 23.8. The first-order valence-electron chi connectivity index (χ1n) is 14.2. The zero-order valence-corrected chi connectivity index (χ0v) is 24.6. The molecule has 4 fully saturated rings. The molecule has 232 valence electrons. The number of aliphatic imine (C=N–C) groups is 1. The number of nitrogens with zero attached hydrogens (tertiary/aromatic N) is 2. The number of halogens is 5. The second kappa shape index (κ2) is 9.72. The van der Waals surface area contributed by atoms with Gasteiger partial charge in [-0.05, 0) is 94.3 Å². The summed E-state index contributed by atoms with van der Waals surface area (Å²) in [6.45, 7) is 3.44. The molecule has 0 saturated heterocycles. The van der Waals surface area contributed by atoms with Crippen molar-refractivity contribution in [3.05, 3.63) is 65.5 Å². The molecule has 7 nitrogen and oxygen atoms in total. The van der Waals surface area contributed by atoms with Crippen LogP contribution in [0.15, 0.2) is 58.4 Å². The highest BCUT2D eigenvalue weighted by Gasteiger charge is 2.75. The van der Waals surface area contributed by atoms with Crippen LogP contribution < -0.4 is 10.6 Å². The number of alkyl halides is 4. The van der Waals surface area contributed by atoms with Crippen LogP contribution >= 0.6 is 0 Å². The maximum absolute atomic E-state index is 14.5. The average molecular weight is 625 g/mol. The predicted octanol–water partition coefficient (Wildman–Crippen LogP) is 5.12. The molecule has 0 aromatic heterocycles. The highest BCUT2D eigenvalue weighted by molar-refractivity contribution is 7.89. The smallest absolute Gasteiger partial charge is 0.366 e. The minimum absolute atomic E-state index is 0.0579. The Morgan fingerprint density at radius 3 is 2.19 bits per heavy atom. The van der Waals surface area contributed by atoms with Gasteiger partial charge in [-0.2, -0.15) is 17.5 Å². The largest absolute Gasteiger partial charge is 0.416 e. The SMILES string of the molecule is CC1(C)NC(C23CC(N(Cc4ccc(C(F)(F)F)cc4)S(=O)(=O)c4ccc(F)cc4)(C2)C3)=NC1C(=O)NCC1(F)CCC1. The van der Waals surface area contributed by atoms with E-state index in [9.17, 15) is 35.2 Å². The minimum atomic E-state index is -4.53. The second-order valence-corrected chi connectivity index (χ2v) is 15.0. The third-order valence-electron chi connectivity index (χ3n) is 9.50. The van der Waals surface area contributed by atoms with Crippen molar-refractivity contribution < 1.29 is 35.2 Å². The normalized spacial score (nSPS) is 28.7. The number of carbonyl (C=O) groups excluding carboxylic acids is 1. The van der Waals surface area contributed by atoms with E-state index in [1.54, 1.807) is 0 Å². The lowest BCUT2D eigenvalue weighted by Gasteiger charge is -2.73. The first-order chi connectivity index (χ1) is 20.0. The van der Waals surface area contributed by atoms with Crippen LogP contribution in [0, 0.1) is 11.2 Å². The molecule has 1 aliphatic heterocycles. The highest BCUT2D eigenvalue weighted by atomic mass is 32.2. The van der Waals surface area contributed by atoms with E-state index >= 15 is 0 Å². The van der Waals surface area contributed by atoms with Crippen molar-refractivity contribution in [3.8, 4) is 0 Å². The van der Waals surface area contributed by atoms with Crippen LogP contribution in [-0.4, -0.2) is 53.8 Å².